The van der Waals surface area contributed by atoms with Crippen molar-refractivity contribution in [2.45, 2.75) is 40.5 Å². The molecule has 0 aromatic heterocycles. The molecule has 0 unspecified atom stereocenters. The summed E-state index contributed by atoms with van der Waals surface area (Å²) in [5.74, 6) is 0.604. The zero-order valence-corrected chi connectivity index (χ0v) is 11.1. The fourth-order valence-electron chi connectivity index (χ4n) is 2.53. The number of hydrogen-bond donors (Lipinski definition) is 0. The molecule has 0 saturated heterocycles. The van der Waals surface area contributed by atoms with Crippen molar-refractivity contribution in [1.82, 2.24) is 0 Å². The lowest BCUT2D eigenvalue weighted by atomic mass is 9.78. The van der Waals surface area contributed by atoms with Crippen LogP contribution < -0.4 is 0 Å². The molecule has 0 saturated carbocycles. The average Bonchev–Trinajstić information content (AvgIpc) is 2.14. The number of rotatable bonds is 5. The summed E-state index contributed by atoms with van der Waals surface area (Å²) in [6.45, 7) is 8.70. The summed E-state index contributed by atoms with van der Waals surface area (Å²) in [5, 5.41) is 10.9. The molecule has 0 aliphatic rings. The second kappa shape index (κ2) is 5.30. The number of benzene rings is 1. The van der Waals surface area contributed by atoms with Gasteiger partial charge in [0.15, 0.2) is 0 Å². The number of hydrogen-bond acceptors (Lipinski definition) is 2. The van der Waals surface area contributed by atoms with E-state index >= 15 is 0 Å². The lowest BCUT2D eigenvalue weighted by Gasteiger charge is -2.26. The molecule has 1 rings (SSSR count). The van der Waals surface area contributed by atoms with Gasteiger partial charge in [0, 0.05) is 11.6 Å². The standard InChI is InChI=1S/C14H21NO2/c1-11(2)9-14(3,4)10-12-7-5-6-8-13(12)15(16)17/h5-8,11H,9-10H2,1-4H3. The molecule has 0 radical (unpaired) electrons. The predicted octanol–water partition coefficient (Wildman–Crippen LogP) is 4.21. The Labute approximate surface area is 103 Å². The average molecular weight is 235 g/mol. The Bertz CT molecular complexity index is 397. The quantitative estimate of drug-likeness (QED) is 0.566. The Hall–Kier alpha value is -1.38. The van der Waals surface area contributed by atoms with Crippen molar-refractivity contribution in [3.8, 4) is 0 Å². The lowest BCUT2D eigenvalue weighted by Crippen LogP contribution is -2.18. The molecule has 0 amide bonds. The normalized spacial score (nSPS) is 11.8. The van der Waals surface area contributed by atoms with Gasteiger partial charge in [-0.3, -0.25) is 10.1 Å². The van der Waals surface area contributed by atoms with E-state index in [0.29, 0.717) is 5.92 Å². The molecule has 0 bridgehead atoms. The van der Waals surface area contributed by atoms with Gasteiger partial charge < -0.3 is 0 Å². The molecular weight excluding hydrogens is 214 g/mol. The summed E-state index contributed by atoms with van der Waals surface area (Å²) >= 11 is 0. The van der Waals surface area contributed by atoms with Crippen molar-refractivity contribution in [2.24, 2.45) is 11.3 Å². The molecule has 94 valence electrons. The van der Waals surface area contributed by atoms with Crippen LogP contribution in [0.25, 0.3) is 0 Å². The zero-order chi connectivity index (χ0) is 13.1. The first-order chi connectivity index (χ1) is 7.82. The molecule has 0 heterocycles. The molecule has 0 fully saturated rings. The minimum absolute atomic E-state index is 0.0975. The van der Waals surface area contributed by atoms with E-state index < -0.39 is 0 Å². The summed E-state index contributed by atoms with van der Waals surface area (Å²) in [4.78, 5) is 10.6. The largest absolute Gasteiger partial charge is 0.272 e. The predicted molar refractivity (Wildman–Crippen MR) is 70.0 cm³/mol. The summed E-state index contributed by atoms with van der Waals surface area (Å²) in [6, 6.07) is 7.03. The number of nitro benzene ring substituents is 1. The molecular formula is C14H21NO2. The summed E-state index contributed by atoms with van der Waals surface area (Å²) in [6.07, 6.45) is 1.82. The zero-order valence-electron chi connectivity index (χ0n) is 11.1. The minimum atomic E-state index is -0.291. The van der Waals surface area contributed by atoms with E-state index in [2.05, 4.69) is 27.7 Å². The molecule has 0 aliphatic carbocycles. The van der Waals surface area contributed by atoms with Gasteiger partial charge >= 0.3 is 0 Å². The molecule has 0 atom stereocenters. The van der Waals surface area contributed by atoms with Gasteiger partial charge in [-0.25, -0.2) is 0 Å². The fourth-order valence-corrected chi connectivity index (χ4v) is 2.53. The van der Waals surface area contributed by atoms with E-state index in [1.165, 1.54) is 0 Å². The highest BCUT2D eigenvalue weighted by molar-refractivity contribution is 5.40. The Morgan fingerprint density at radius 3 is 2.41 bits per heavy atom. The van der Waals surface area contributed by atoms with Gasteiger partial charge in [-0.05, 0) is 24.2 Å². The van der Waals surface area contributed by atoms with Crippen molar-refractivity contribution in [1.29, 1.82) is 0 Å². The molecule has 1 aromatic rings. The van der Waals surface area contributed by atoms with Gasteiger partial charge in [0.05, 0.1) is 4.92 Å². The lowest BCUT2D eigenvalue weighted by molar-refractivity contribution is -0.385. The van der Waals surface area contributed by atoms with Crippen molar-refractivity contribution >= 4 is 5.69 Å². The van der Waals surface area contributed by atoms with Crippen molar-refractivity contribution in [3.63, 3.8) is 0 Å². The van der Waals surface area contributed by atoms with Gasteiger partial charge in [0.25, 0.3) is 5.69 Å². The van der Waals surface area contributed by atoms with Gasteiger partial charge in [-0.1, -0.05) is 45.9 Å². The summed E-state index contributed by atoms with van der Waals surface area (Å²) < 4.78 is 0. The van der Waals surface area contributed by atoms with Gasteiger partial charge in [-0.15, -0.1) is 0 Å². The first-order valence-electron chi connectivity index (χ1n) is 6.04. The first-order valence-corrected chi connectivity index (χ1v) is 6.04. The van der Waals surface area contributed by atoms with Crippen LogP contribution in [0.5, 0.6) is 0 Å². The van der Waals surface area contributed by atoms with Crippen LogP contribution >= 0.6 is 0 Å². The molecule has 17 heavy (non-hydrogen) atoms. The Morgan fingerprint density at radius 2 is 1.88 bits per heavy atom. The molecule has 0 spiro atoms. The SMILES string of the molecule is CC(C)CC(C)(C)Cc1ccccc1[N+](=O)[O-]. The maximum atomic E-state index is 10.9. The van der Waals surface area contributed by atoms with E-state index in [1.54, 1.807) is 12.1 Å². The van der Waals surface area contributed by atoms with E-state index in [-0.39, 0.29) is 16.0 Å². The van der Waals surface area contributed by atoms with E-state index in [9.17, 15) is 10.1 Å². The third-order valence-corrected chi connectivity index (χ3v) is 2.82. The topological polar surface area (TPSA) is 43.1 Å². The van der Waals surface area contributed by atoms with E-state index in [0.717, 1.165) is 18.4 Å². The van der Waals surface area contributed by atoms with Crippen LogP contribution in [0, 0.1) is 21.4 Å². The third-order valence-electron chi connectivity index (χ3n) is 2.82. The van der Waals surface area contributed by atoms with Crippen LogP contribution in [-0.2, 0) is 6.42 Å². The van der Waals surface area contributed by atoms with Gasteiger partial charge in [-0.2, -0.15) is 0 Å². The number of para-hydroxylation sites is 1. The van der Waals surface area contributed by atoms with Gasteiger partial charge in [0.1, 0.15) is 0 Å². The fraction of sp³-hybridized carbons (Fsp3) is 0.571. The van der Waals surface area contributed by atoms with Crippen LogP contribution in [-0.4, -0.2) is 4.92 Å². The highest BCUT2D eigenvalue weighted by Gasteiger charge is 2.24. The Kier molecular flexibility index (Phi) is 4.27. The van der Waals surface area contributed by atoms with Crippen molar-refractivity contribution in [3.05, 3.63) is 39.9 Å². The second-order valence-electron chi connectivity index (χ2n) is 5.82. The smallest absolute Gasteiger partial charge is 0.258 e. The highest BCUT2D eigenvalue weighted by atomic mass is 16.6. The minimum Gasteiger partial charge on any atom is -0.258 e. The van der Waals surface area contributed by atoms with E-state index in [1.807, 2.05) is 12.1 Å². The Balaban J connectivity index is 2.91. The van der Waals surface area contributed by atoms with Crippen molar-refractivity contribution in [2.75, 3.05) is 0 Å². The molecule has 0 N–H and O–H groups in total. The highest BCUT2D eigenvalue weighted by Crippen LogP contribution is 2.32. The first kappa shape index (κ1) is 13.7. The molecule has 1 aromatic carbocycles. The Morgan fingerprint density at radius 1 is 1.29 bits per heavy atom. The second-order valence-corrected chi connectivity index (χ2v) is 5.82. The maximum absolute atomic E-state index is 10.9. The maximum Gasteiger partial charge on any atom is 0.272 e. The van der Waals surface area contributed by atoms with Crippen LogP contribution in [0.3, 0.4) is 0 Å². The third kappa shape index (κ3) is 4.17. The number of nitro groups is 1. The van der Waals surface area contributed by atoms with Gasteiger partial charge in [0.2, 0.25) is 0 Å². The van der Waals surface area contributed by atoms with E-state index in [4.69, 9.17) is 0 Å². The molecule has 3 heteroatoms. The van der Waals surface area contributed by atoms with Crippen LogP contribution in [0.15, 0.2) is 24.3 Å². The van der Waals surface area contributed by atoms with Crippen LogP contribution in [0.4, 0.5) is 5.69 Å². The number of nitrogens with zero attached hydrogens (tertiary/aromatic N) is 1. The van der Waals surface area contributed by atoms with Crippen LogP contribution in [0.2, 0.25) is 0 Å². The van der Waals surface area contributed by atoms with Crippen LogP contribution in [0.1, 0.15) is 39.7 Å². The summed E-state index contributed by atoms with van der Waals surface area (Å²) in [5.41, 5.74) is 1.17. The molecule has 0 aliphatic heterocycles. The van der Waals surface area contributed by atoms with Crippen molar-refractivity contribution < 1.29 is 4.92 Å². The summed E-state index contributed by atoms with van der Waals surface area (Å²) in [7, 11) is 0. The molecule has 3 nitrogen and oxygen atoms in total. The monoisotopic (exact) mass is 235 g/mol.